The molecule has 3 aliphatic heterocycles. The van der Waals surface area contributed by atoms with Crippen LogP contribution in [0, 0.1) is 11.8 Å². The van der Waals surface area contributed by atoms with Crippen LogP contribution in [0.1, 0.15) is 60.5 Å². The Morgan fingerprint density at radius 1 is 0.905 bits per heavy atom. The van der Waals surface area contributed by atoms with Crippen molar-refractivity contribution in [2.24, 2.45) is 17.6 Å². The van der Waals surface area contributed by atoms with Crippen LogP contribution in [0.2, 0.25) is 0 Å². The summed E-state index contributed by atoms with van der Waals surface area (Å²) in [5, 5.41) is 0. The molecule has 1 saturated heterocycles. The molecule has 1 amide bonds. The maximum absolute atomic E-state index is 11.6. The quantitative estimate of drug-likeness (QED) is 0.386. The van der Waals surface area contributed by atoms with Gasteiger partial charge in [-0.25, -0.2) is 0 Å². The van der Waals surface area contributed by atoms with Crippen molar-refractivity contribution >= 4 is 34.2 Å². The molecule has 10 heteroatoms. The minimum atomic E-state index is -0.357. The molecule has 3 aliphatic rings. The van der Waals surface area contributed by atoms with E-state index in [1.54, 1.807) is 28.4 Å². The number of rotatable bonds is 9. The van der Waals surface area contributed by atoms with Gasteiger partial charge in [0, 0.05) is 25.7 Å². The molecule has 2 aromatic carbocycles. The molecule has 2 aromatic rings. The summed E-state index contributed by atoms with van der Waals surface area (Å²) in [5.41, 5.74) is 10.7. The lowest BCUT2D eigenvalue weighted by molar-refractivity contribution is -0.115. The number of thiocarbonyl (C=S) groups is 1. The number of thioether (sulfide) groups is 1. The highest BCUT2D eigenvalue weighted by atomic mass is 32.2. The normalized spacial score (nSPS) is 23.3. The van der Waals surface area contributed by atoms with Gasteiger partial charge in [-0.3, -0.25) is 9.69 Å². The number of nitrogens with two attached hydrogens (primary N) is 1. The average Bonchev–Trinajstić information content (AvgIpc) is 3.01. The number of methoxy groups -OCH3 is 4. The summed E-state index contributed by atoms with van der Waals surface area (Å²) < 4.78 is 23.4. The number of amides is 1. The zero-order valence-electron chi connectivity index (χ0n) is 25.3. The number of carbonyl (C=O) groups is 1. The van der Waals surface area contributed by atoms with Gasteiger partial charge in [0.15, 0.2) is 23.0 Å². The topological polar surface area (TPSA) is 86.5 Å². The number of primary amides is 1. The molecule has 228 valence electrons. The monoisotopic (exact) mass is 613 g/mol. The maximum atomic E-state index is 11.6. The lowest BCUT2D eigenvalue weighted by atomic mass is 9.72. The number of hydrogen-bond donors (Lipinski definition) is 1. The van der Waals surface area contributed by atoms with Gasteiger partial charge < -0.3 is 29.6 Å². The third-order valence-corrected chi connectivity index (χ3v) is 10.9. The Bertz CT molecular complexity index is 1320. The van der Waals surface area contributed by atoms with Crippen LogP contribution in [0.25, 0.3) is 0 Å². The predicted molar refractivity (Wildman–Crippen MR) is 171 cm³/mol. The number of carbonyl (C=O) groups excluding carboxylic acids is 1. The van der Waals surface area contributed by atoms with Crippen LogP contribution in [0.15, 0.2) is 24.3 Å². The highest BCUT2D eigenvalue weighted by Gasteiger charge is 2.41. The summed E-state index contributed by atoms with van der Waals surface area (Å²) in [5.74, 6) is 3.93. The van der Waals surface area contributed by atoms with E-state index in [2.05, 4.69) is 41.0 Å². The van der Waals surface area contributed by atoms with Crippen molar-refractivity contribution < 1.29 is 23.7 Å². The molecule has 1 fully saturated rings. The average molecular weight is 614 g/mol. The first-order valence-corrected chi connectivity index (χ1v) is 16.2. The number of benzene rings is 2. The summed E-state index contributed by atoms with van der Waals surface area (Å²) in [6.07, 6.45) is 5.01. The van der Waals surface area contributed by atoms with Crippen molar-refractivity contribution in [2.45, 2.75) is 51.1 Å². The molecule has 8 nitrogen and oxygen atoms in total. The second kappa shape index (κ2) is 13.3. The molecule has 4 unspecified atom stereocenters. The van der Waals surface area contributed by atoms with Gasteiger partial charge in [-0.2, -0.15) is 0 Å². The summed E-state index contributed by atoms with van der Waals surface area (Å²) in [7, 11) is 6.77. The lowest BCUT2D eigenvalue weighted by Gasteiger charge is -2.49. The third kappa shape index (κ3) is 6.03. The van der Waals surface area contributed by atoms with Gasteiger partial charge in [0.2, 0.25) is 5.91 Å². The van der Waals surface area contributed by atoms with Crippen molar-refractivity contribution in [2.75, 3.05) is 53.8 Å². The van der Waals surface area contributed by atoms with Crippen molar-refractivity contribution in [1.82, 2.24) is 9.80 Å². The van der Waals surface area contributed by atoms with E-state index in [4.69, 9.17) is 36.9 Å². The van der Waals surface area contributed by atoms with E-state index in [1.807, 2.05) is 0 Å². The smallest absolute Gasteiger partial charge is 0.227 e. The second-order valence-electron chi connectivity index (χ2n) is 11.5. The Morgan fingerprint density at radius 2 is 1.48 bits per heavy atom. The van der Waals surface area contributed by atoms with E-state index >= 15 is 0 Å². The molecule has 42 heavy (non-hydrogen) atoms. The van der Waals surface area contributed by atoms with Gasteiger partial charge in [0.05, 0.1) is 40.2 Å². The molecule has 3 heterocycles. The molecular formula is C32H43N3O5S2. The van der Waals surface area contributed by atoms with Crippen LogP contribution in [0.3, 0.4) is 0 Å². The van der Waals surface area contributed by atoms with E-state index in [0.29, 0.717) is 17.9 Å². The van der Waals surface area contributed by atoms with Crippen LogP contribution >= 0.6 is 24.0 Å². The summed E-state index contributed by atoms with van der Waals surface area (Å²) in [4.78, 5) is 16.6. The van der Waals surface area contributed by atoms with Crippen molar-refractivity contribution in [1.29, 1.82) is 0 Å². The van der Waals surface area contributed by atoms with Crippen LogP contribution in [0.4, 0.5) is 0 Å². The van der Waals surface area contributed by atoms with Gasteiger partial charge in [-0.05, 0) is 84.0 Å². The fraction of sp³-hybridized carbons (Fsp3) is 0.562. The first-order chi connectivity index (χ1) is 20.3. The molecule has 0 aliphatic carbocycles. The van der Waals surface area contributed by atoms with Gasteiger partial charge >= 0.3 is 0 Å². The zero-order chi connectivity index (χ0) is 30.0. The van der Waals surface area contributed by atoms with Crippen molar-refractivity contribution in [3.05, 3.63) is 46.5 Å². The molecule has 0 bridgehead atoms. The Balaban J connectivity index is 1.50. The molecule has 0 spiro atoms. The Kier molecular flexibility index (Phi) is 9.74. The van der Waals surface area contributed by atoms with E-state index < -0.39 is 0 Å². The fourth-order valence-corrected chi connectivity index (χ4v) is 8.30. The SMILES string of the molecule is CCC1CN2CCc3cc(OC)c(OC)cc3C2CC1CC1c2cc(OC)c(OC)cc2CCN1C(=S)SCC(N)=O. The summed E-state index contributed by atoms with van der Waals surface area (Å²) in [6, 6.07) is 9.02. The fourth-order valence-electron chi connectivity index (χ4n) is 7.26. The van der Waals surface area contributed by atoms with E-state index in [-0.39, 0.29) is 17.7 Å². The first-order valence-electron chi connectivity index (χ1n) is 14.8. The van der Waals surface area contributed by atoms with Crippen molar-refractivity contribution in [3.63, 3.8) is 0 Å². The zero-order valence-corrected chi connectivity index (χ0v) is 26.9. The first kappa shape index (κ1) is 30.8. The highest BCUT2D eigenvalue weighted by Crippen LogP contribution is 2.49. The van der Waals surface area contributed by atoms with Gasteiger partial charge in [-0.15, -0.1) is 0 Å². The lowest BCUT2D eigenvalue weighted by Crippen LogP contribution is -2.47. The molecule has 0 radical (unpaired) electrons. The van der Waals surface area contributed by atoms with Gasteiger partial charge in [-0.1, -0.05) is 37.3 Å². The Morgan fingerprint density at radius 3 is 2.07 bits per heavy atom. The third-order valence-electron chi connectivity index (χ3n) is 9.40. The molecule has 0 saturated carbocycles. The Labute approximate surface area is 259 Å². The van der Waals surface area contributed by atoms with Crippen LogP contribution in [0.5, 0.6) is 23.0 Å². The number of hydrogen-bond acceptors (Lipinski definition) is 8. The predicted octanol–water partition coefficient (Wildman–Crippen LogP) is 5.16. The minimum Gasteiger partial charge on any atom is -0.493 e. The molecule has 5 rings (SSSR count). The highest BCUT2D eigenvalue weighted by molar-refractivity contribution is 8.23. The number of nitrogens with zero attached hydrogens (tertiary/aromatic N) is 2. The number of fused-ring (bicyclic) bond motifs is 4. The summed E-state index contributed by atoms with van der Waals surface area (Å²) in [6.45, 7) is 5.24. The number of ether oxygens (including phenoxy) is 4. The summed E-state index contributed by atoms with van der Waals surface area (Å²) >= 11 is 7.29. The van der Waals surface area contributed by atoms with E-state index in [0.717, 1.165) is 79.1 Å². The molecular weight excluding hydrogens is 571 g/mol. The van der Waals surface area contributed by atoms with Gasteiger partial charge in [0.1, 0.15) is 4.32 Å². The van der Waals surface area contributed by atoms with E-state index in [1.165, 1.54) is 34.0 Å². The molecule has 4 atom stereocenters. The van der Waals surface area contributed by atoms with Gasteiger partial charge in [0.25, 0.3) is 0 Å². The number of piperidine rings is 1. The largest absolute Gasteiger partial charge is 0.493 e. The van der Waals surface area contributed by atoms with Crippen LogP contribution in [-0.2, 0) is 17.6 Å². The van der Waals surface area contributed by atoms with Crippen LogP contribution in [-0.4, -0.2) is 73.9 Å². The van der Waals surface area contributed by atoms with Crippen LogP contribution < -0.4 is 24.7 Å². The Hall–Kier alpha value is -2.69. The molecule has 0 aromatic heterocycles. The minimum absolute atomic E-state index is 0.0699. The second-order valence-corrected chi connectivity index (χ2v) is 13.1. The maximum Gasteiger partial charge on any atom is 0.227 e. The molecule has 2 N–H and O–H groups in total. The standard InChI is InChI=1S/C32H43N3O5S2/c1-6-19-17-34-9-7-20-13-27(37-2)29(39-4)15-23(20)25(34)11-22(19)12-26-24-16-30(40-5)28(38-3)14-21(24)8-10-35(26)32(41)42-18-31(33)36/h13-16,19,22,25-26H,6-12,17-18H2,1-5H3,(H2,33,36). The van der Waals surface area contributed by atoms with Crippen molar-refractivity contribution in [3.8, 4) is 23.0 Å². The van der Waals surface area contributed by atoms with E-state index in [9.17, 15) is 4.79 Å².